The Morgan fingerprint density at radius 2 is 2.56 bits per heavy atom. The minimum atomic E-state index is -0.159. The third-order valence-corrected chi connectivity index (χ3v) is 1.02. The predicted octanol–water partition coefficient (Wildman–Crippen LogP) is 0.339. The lowest BCUT2D eigenvalue weighted by atomic mass is 10.7. The minimum Gasteiger partial charge on any atom is -0.329 e. The molecule has 0 radical (unpaired) electrons. The van der Waals surface area contributed by atoms with Crippen molar-refractivity contribution in [2.45, 2.75) is 6.54 Å². The summed E-state index contributed by atoms with van der Waals surface area (Å²) in [5, 5.41) is -0.159. The van der Waals surface area contributed by atoms with E-state index in [9.17, 15) is 4.79 Å². The maximum absolute atomic E-state index is 10.3. The average molecular weight is 142 g/mol. The average Bonchev–Trinajstić information content (AvgIpc) is 2.15. The van der Waals surface area contributed by atoms with Gasteiger partial charge in [-0.3, -0.25) is 4.79 Å². The van der Waals surface area contributed by atoms with Gasteiger partial charge in [-0.25, -0.2) is 4.98 Å². The molecule has 1 heterocycles. The molecule has 0 amide bonds. The van der Waals surface area contributed by atoms with E-state index < -0.39 is 0 Å². The fraction of sp³-hybridized carbons (Fsp3) is 0.200. The first-order valence-electron chi connectivity index (χ1n) is 2.46. The summed E-state index contributed by atoms with van der Waals surface area (Å²) < 4.78 is 1.66. The van der Waals surface area contributed by atoms with Crippen LogP contribution in [-0.4, -0.2) is 14.7 Å². The molecule has 48 valence electrons. The fourth-order valence-electron chi connectivity index (χ4n) is 0.536. The summed E-state index contributed by atoms with van der Waals surface area (Å²) in [4.78, 5) is 14.1. The highest BCUT2D eigenvalue weighted by atomic mass is 32.1. The van der Waals surface area contributed by atoms with Crippen LogP contribution in [0.25, 0.3) is 0 Å². The van der Waals surface area contributed by atoms with Crippen LogP contribution in [0, 0.1) is 0 Å². The molecule has 1 rings (SSSR count). The molecular formula is C5H6N2OS. The zero-order chi connectivity index (χ0) is 6.69. The van der Waals surface area contributed by atoms with Crippen LogP contribution in [0.3, 0.4) is 0 Å². The van der Waals surface area contributed by atoms with E-state index in [4.69, 9.17) is 0 Å². The van der Waals surface area contributed by atoms with Crippen molar-refractivity contribution in [3.63, 3.8) is 0 Å². The molecule has 0 spiro atoms. The van der Waals surface area contributed by atoms with E-state index in [1.165, 1.54) is 0 Å². The number of aromatic nitrogens is 2. The SMILES string of the molecule is O=C(S)Cn1ccnc1. The molecule has 0 aliphatic rings. The Bertz CT molecular complexity index is 195. The van der Waals surface area contributed by atoms with Crippen LogP contribution in [0.15, 0.2) is 18.7 Å². The van der Waals surface area contributed by atoms with E-state index in [1.54, 1.807) is 23.3 Å². The standard InChI is InChI=1S/C5H6N2OS/c8-5(9)3-7-2-1-6-4-7/h1-2,4H,3H2,(H,8,9). The van der Waals surface area contributed by atoms with Crippen LogP contribution in [0.2, 0.25) is 0 Å². The Balaban J connectivity index is 2.58. The molecule has 4 heteroatoms. The zero-order valence-electron chi connectivity index (χ0n) is 4.69. The van der Waals surface area contributed by atoms with E-state index in [0.717, 1.165) is 0 Å². The molecule has 0 aromatic carbocycles. The normalized spacial score (nSPS) is 9.44. The first-order valence-corrected chi connectivity index (χ1v) is 2.91. The number of hydrogen-bond donors (Lipinski definition) is 1. The zero-order valence-corrected chi connectivity index (χ0v) is 5.58. The Labute approximate surface area is 58.1 Å². The molecule has 3 nitrogen and oxygen atoms in total. The maximum atomic E-state index is 10.3. The van der Waals surface area contributed by atoms with E-state index in [2.05, 4.69) is 17.6 Å². The Hall–Kier alpha value is -0.770. The minimum absolute atomic E-state index is 0.159. The van der Waals surface area contributed by atoms with Crippen molar-refractivity contribution in [2.24, 2.45) is 0 Å². The number of imidazole rings is 1. The monoisotopic (exact) mass is 142 g/mol. The lowest BCUT2D eigenvalue weighted by Gasteiger charge is -1.92. The van der Waals surface area contributed by atoms with Gasteiger partial charge in [-0.1, -0.05) is 0 Å². The molecule has 0 saturated heterocycles. The highest BCUT2D eigenvalue weighted by Crippen LogP contribution is 1.88. The summed E-state index contributed by atoms with van der Waals surface area (Å²) in [5.74, 6) is 0. The van der Waals surface area contributed by atoms with Crippen molar-refractivity contribution in [1.29, 1.82) is 0 Å². The maximum Gasteiger partial charge on any atom is 0.205 e. The van der Waals surface area contributed by atoms with E-state index in [1.807, 2.05) is 0 Å². The molecule has 1 aromatic rings. The van der Waals surface area contributed by atoms with Crippen LogP contribution in [-0.2, 0) is 11.3 Å². The lowest BCUT2D eigenvalue weighted by molar-refractivity contribution is -0.111. The van der Waals surface area contributed by atoms with Crippen LogP contribution >= 0.6 is 12.6 Å². The summed E-state index contributed by atoms with van der Waals surface area (Å²) in [6, 6.07) is 0. The number of carbonyl (C=O) groups excluding carboxylic acids is 1. The first kappa shape index (κ1) is 6.35. The molecule has 0 aliphatic carbocycles. The van der Waals surface area contributed by atoms with Gasteiger partial charge in [0.1, 0.15) is 0 Å². The van der Waals surface area contributed by atoms with E-state index in [-0.39, 0.29) is 5.12 Å². The van der Waals surface area contributed by atoms with E-state index >= 15 is 0 Å². The molecule has 0 unspecified atom stereocenters. The van der Waals surface area contributed by atoms with Crippen LogP contribution in [0.4, 0.5) is 0 Å². The molecule has 0 saturated carbocycles. The van der Waals surface area contributed by atoms with Gasteiger partial charge in [0, 0.05) is 12.4 Å². The van der Waals surface area contributed by atoms with Crippen molar-refractivity contribution in [1.82, 2.24) is 9.55 Å². The quantitative estimate of drug-likeness (QED) is 0.604. The number of thiol groups is 1. The highest BCUT2D eigenvalue weighted by molar-refractivity contribution is 7.96. The summed E-state index contributed by atoms with van der Waals surface area (Å²) >= 11 is 3.60. The number of nitrogens with zero attached hydrogens (tertiary/aromatic N) is 2. The van der Waals surface area contributed by atoms with Crippen molar-refractivity contribution in [3.05, 3.63) is 18.7 Å². The molecule has 0 atom stereocenters. The predicted molar refractivity (Wildman–Crippen MR) is 36.2 cm³/mol. The second kappa shape index (κ2) is 2.68. The van der Waals surface area contributed by atoms with Gasteiger partial charge in [-0.2, -0.15) is 0 Å². The van der Waals surface area contributed by atoms with Gasteiger partial charge in [0.05, 0.1) is 12.9 Å². The smallest absolute Gasteiger partial charge is 0.205 e. The second-order valence-corrected chi connectivity index (χ2v) is 2.13. The number of rotatable bonds is 2. The summed E-state index contributed by atoms with van der Waals surface area (Å²) in [6.45, 7) is 0.295. The molecule has 9 heavy (non-hydrogen) atoms. The number of carbonyl (C=O) groups is 1. The van der Waals surface area contributed by atoms with Gasteiger partial charge in [-0.05, 0) is 0 Å². The van der Waals surface area contributed by atoms with Crippen LogP contribution in [0.1, 0.15) is 0 Å². The van der Waals surface area contributed by atoms with Gasteiger partial charge in [0.25, 0.3) is 0 Å². The van der Waals surface area contributed by atoms with Gasteiger partial charge >= 0.3 is 0 Å². The third-order valence-electron chi connectivity index (χ3n) is 0.877. The first-order chi connectivity index (χ1) is 4.29. The van der Waals surface area contributed by atoms with Crippen molar-refractivity contribution >= 4 is 17.7 Å². The molecule has 0 aliphatic heterocycles. The summed E-state index contributed by atoms with van der Waals surface area (Å²) in [6.07, 6.45) is 4.92. The molecular weight excluding hydrogens is 136 g/mol. The van der Waals surface area contributed by atoms with Gasteiger partial charge < -0.3 is 4.57 Å². The Kier molecular flexibility index (Phi) is 1.89. The molecule has 0 N–H and O–H groups in total. The topological polar surface area (TPSA) is 34.9 Å². The van der Waals surface area contributed by atoms with Gasteiger partial charge in [0.2, 0.25) is 5.12 Å². The van der Waals surface area contributed by atoms with Crippen molar-refractivity contribution < 1.29 is 4.79 Å². The van der Waals surface area contributed by atoms with Crippen molar-refractivity contribution in [3.8, 4) is 0 Å². The third kappa shape index (κ3) is 1.89. The Morgan fingerprint density at radius 1 is 1.78 bits per heavy atom. The summed E-state index contributed by atoms with van der Waals surface area (Å²) in [5.41, 5.74) is 0. The molecule has 0 bridgehead atoms. The summed E-state index contributed by atoms with van der Waals surface area (Å²) in [7, 11) is 0. The highest BCUT2D eigenvalue weighted by Gasteiger charge is 1.92. The van der Waals surface area contributed by atoms with Crippen LogP contribution in [0.5, 0.6) is 0 Å². The van der Waals surface area contributed by atoms with Gasteiger partial charge in [0.15, 0.2) is 0 Å². The number of hydrogen-bond acceptors (Lipinski definition) is 2. The second-order valence-electron chi connectivity index (χ2n) is 1.63. The molecule has 1 aromatic heterocycles. The largest absolute Gasteiger partial charge is 0.329 e. The van der Waals surface area contributed by atoms with Crippen molar-refractivity contribution in [2.75, 3.05) is 0 Å². The lowest BCUT2D eigenvalue weighted by Crippen LogP contribution is -2.00. The van der Waals surface area contributed by atoms with E-state index in [0.29, 0.717) is 6.54 Å². The fourth-order valence-corrected chi connectivity index (χ4v) is 0.700. The molecule has 0 fully saturated rings. The Morgan fingerprint density at radius 3 is 3.00 bits per heavy atom. The van der Waals surface area contributed by atoms with Crippen LogP contribution < -0.4 is 0 Å². The van der Waals surface area contributed by atoms with Gasteiger partial charge in [-0.15, -0.1) is 12.6 Å².